The molecule has 43 heavy (non-hydrogen) atoms. The molecule has 0 spiro atoms. The molecule has 3 aromatic heterocycles. The van der Waals surface area contributed by atoms with Crippen molar-refractivity contribution in [2.45, 2.75) is 0 Å². The molecular formula is C38H22N2O2S. The quantitative estimate of drug-likeness (QED) is 0.225. The zero-order valence-electron chi connectivity index (χ0n) is 22.8. The fourth-order valence-corrected chi connectivity index (χ4v) is 8.02. The number of furan rings is 2. The van der Waals surface area contributed by atoms with Gasteiger partial charge in [0.2, 0.25) is 0 Å². The van der Waals surface area contributed by atoms with Crippen LogP contribution >= 0.6 is 11.3 Å². The Morgan fingerprint density at radius 3 is 2.26 bits per heavy atom. The van der Waals surface area contributed by atoms with Gasteiger partial charge in [-0.1, -0.05) is 60.7 Å². The number of thiophene rings is 1. The highest BCUT2D eigenvalue weighted by Crippen LogP contribution is 2.49. The van der Waals surface area contributed by atoms with Gasteiger partial charge < -0.3 is 14.2 Å². The van der Waals surface area contributed by atoms with Gasteiger partial charge in [0, 0.05) is 71.2 Å². The number of para-hydroxylation sites is 1. The zero-order chi connectivity index (χ0) is 28.1. The molecule has 1 aliphatic heterocycles. The number of benzene rings is 6. The number of fused-ring (bicyclic) bond motifs is 11. The van der Waals surface area contributed by atoms with Crippen LogP contribution in [0.2, 0.25) is 0 Å². The Kier molecular flexibility index (Phi) is 4.62. The lowest BCUT2D eigenvalue weighted by atomic mass is 9.94. The maximum atomic E-state index is 6.86. The Morgan fingerprint density at radius 2 is 1.37 bits per heavy atom. The number of amidine groups is 1. The van der Waals surface area contributed by atoms with Crippen molar-refractivity contribution < 1.29 is 8.83 Å². The van der Waals surface area contributed by atoms with Gasteiger partial charge >= 0.3 is 0 Å². The van der Waals surface area contributed by atoms with Crippen molar-refractivity contribution >= 4 is 92.0 Å². The van der Waals surface area contributed by atoms with Gasteiger partial charge in [0.05, 0.1) is 0 Å². The third-order valence-electron chi connectivity index (χ3n) is 8.72. The molecule has 4 nitrogen and oxygen atoms in total. The van der Waals surface area contributed by atoms with Crippen molar-refractivity contribution in [2.24, 2.45) is 4.99 Å². The normalized spacial score (nSPS) is 13.7. The van der Waals surface area contributed by atoms with Crippen LogP contribution in [0, 0.1) is 0 Å². The minimum Gasteiger partial charge on any atom is -0.455 e. The topological polar surface area (TPSA) is 50.7 Å². The maximum Gasteiger partial charge on any atom is 0.144 e. The van der Waals surface area contributed by atoms with Gasteiger partial charge in [-0.15, -0.1) is 11.3 Å². The average Bonchev–Trinajstić information content (AvgIpc) is 3.74. The number of aliphatic imine (C=N–C) groups is 1. The number of hydrogen-bond donors (Lipinski definition) is 1. The largest absolute Gasteiger partial charge is 0.455 e. The van der Waals surface area contributed by atoms with E-state index in [-0.39, 0.29) is 0 Å². The molecule has 202 valence electrons. The SMILES string of the molecule is C1=CN=C(c2ccc(-c3cc4c5ccccc5oc4c4c3sc3ccccc34)c3oc4cc5ccccc5cc4c23)NC1. The molecule has 1 N–H and O–H groups in total. The summed E-state index contributed by atoms with van der Waals surface area (Å²) in [6, 6.07) is 36.5. The van der Waals surface area contributed by atoms with Crippen molar-refractivity contribution in [3.8, 4) is 11.1 Å². The number of nitrogens with one attached hydrogen (secondary N) is 1. The van der Waals surface area contributed by atoms with Crippen LogP contribution in [0.25, 0.3) is 85.9 Å². The van der Waals surface area contributed by atoms with E-state index in [4.69, 9.17) is 13.8 Å². The summed E-state index contributed by atoms with van der Waals surface area (Å²) in [6.45, 7) is 0.743. The van der Waals surface area contributed by atoms with Crippen LogP contribution in [0.5, 0.6) is 0 Å². The Morgan fingerprint density at radius 1 is 0.605 bits per heavy atom. The Labute approximate surface area is 249 Å². The molecule has 0 atom stereocenters. The molecule has 0 saturated carbocycles. The third-order valence-corrected chi connectivity index (χ3v) is 9.92. The molecule has 0 aliphatic carbocycles. The first-order valence-electron chi connectivity index (χ1n) is 14.4. The smallest absolute Gasteiger partial charge is 0.144 e. The van der Waals surface area contributed by atoms with Gasteiger partial charge in [0.25, 0.3) is 0 Å². The molecule has 1 aliphatic rings. The van der Waals surface area contributed by atoms with Gasteiger partial charge in [-0.3, -0.25) is 0 Å². The van der Waals surface area contributed by atoms with Crippen molar-refractivity contribution in [3.05, 3.63) is 121 Å². The predicted octanol–water partition coefficient (Wildman–Crippen LogP) is 10.5. The molecule has 10 rings (SSSR count). The highest BCUT2D eigenvalue weighted by atomic mass is 32.1. The first-order valence-corrected chi connectivity index (χ1v) is 15.2. The van der Waals surface area contributed by atoms with Crippen LogP contribution < -0.4 is 5.32 Å². The van der Waals surface area contributed by atoms with E-state index in [2.05, 4.69) is 102 Å². The van der Waals surface area contributed by atoms with Crippen LogP contribution in [0.1, 0.15) is 5.56 Å². The summed E-state index contributed by atoms with van der Waals surface area (Å²) in [5.74, 6) is 0.859. The summed E-state index contributed by atoms with van der Waals surface area (Å²) >= 11 is 1.81. The fourth-order valence-electron chi connectivity index (χ4n) is 6.79. The van der Waals surface area contributed by atoms with Gasteiger partial charge in [0.1, 0.15) is 28.2 Å². The molecule has 9 aromatic rings. The van der Waals surface area contributed by atoms with E-state index in [1.807, 2.05) is 29.7 Å². The summed E-state index contributed by atoms with van der Waals surface area (Å²) in [5, 5.41) is 12.6. The molecule has 6 aromatic carbocycles. The molecule has 4 heterocycles. The molecule has 5 heteroatoms. The number of hydrogen-bond acceptors (Lipinski definition) is 5. The summed E-state index contributed by atoms with van der Waals surface area (Å²) in [7, 11) is 0. The van der Waals surface area contributed by atoms with E-state index in [0.29, 0.717) is 0 Å². The van der Waals surface area contributed by atoms with Crippen molar-refractivity contribution in [1.82, 2.24) is 5.32 Å². The number of nitrogens with zero attached hydrogens (tertiary/aromatic N) is 1. The lowest BCUT2D eigenvalue weighted by Gasteiger charge is -2.14. The van der Waals surface area contributed by atoms with E-state index in [9.17, 15) is 0 Å². The van der Waals surface area contributed by atoms with Gasteiger partial charge in [-0.05, 0) is 59.3 Å². The minimum atomic E-state index is 0.743. The van der Waals surface area contributed by atoms with Gasteiger partial charge in [-0.25, -0.2) is 4.99 Å². The van der Waals surface area contributed by atoms with Gasteiger partial charge in [0.15, 0.2) is 0 Å². The van der Waals surface area contributed by atoms with Crippen LogP contribution in [0.15, 0.2) is 129 Å². The molecule has 0 radical (unpaired) electrons. The first kappa shape index (κ1) is 23.2. The Hall–Kier alpha value is -5.39. The zero-order valence-corrected chi connectivity index (χ0v) is 23.7. The second-order valence-corrected chi connectivity index (χ2v) is 12.2. The van der Waals surface area contributed by atoms with E-state index >= 15 is 0 Å². The summed E-state index contributed by atoms with van der Waals surface area (Å²) in [6.07, 6.45) is 3.90. The first-order chi connectivity index (χ1) is 21.3. The lowest BCUT2D eigenvalue weighted by molar-refractivity contribution is 0.670. The second-order valence-electron chi connectivity index (χ2n) is 11.1. The molecular weight excluding hydrogens is 548 g/mol. The summed E-state index contributed by atoms with van der Waals surface area (Å²) in [4.78, 5) is 4.72. The molecule has 0 unspecified atom stereocenters. The predicted molar refractivity (Wildman–Crippen MR) is 181 cm³/mol. The molecule has 0 amide bonds. The van der Waals surface area contributed by atoms with E-state index in [1.165, 1.54) is 20.2 Å². The molecule has 0 bridgehead atoms. The van der Waals surface area contributed by atoms with Crippen LogP contribution in [-0.4, -0.2) is 12.4 Å². The lowest BCUT2D eigenvalue weighted by Crippen LogP contribution is -2.26. The van der Waals surface area contributed by atoms with Crippen molar-refractivity contribution in [3.63, 3.8) is 0 Å². The van der Waals surface area contributed by atoms with Crippen LogP contribution in [-0.2, 0) is 0 Å². The Balaban J connectivity index is 1.39. The molecule has 0 fully saturated rings. The van der Waals surface area contributed by atoms with Gasteiger partial charge in [-0.2, -0.15) is 0 Å². The minimum absolute atomic E-state index is 0.743. The standard InChI is InChI=1S/C38H22N2O2S/c1-2-9-22-19-31-29(18-21(22)8-1)33-26(38-39-16-7-17-40-38)15-14-24(35(33)42-31)28-20-27-23-10-3-5-12-30(23)41-36(27)34-25-11-4-6-13-32(25)43-37(28)34/h1-16,18-20H,17H2,(H,39,40). The van der Waals surface area contributed by atoms with E-state index in [1.54, 1.807) is 0 Å². The van der Waals surface area contributed by atoms with Crippen LogP contribution in [0.4, 0.5) is 0 Å². The van der Waals surface area contributed by atoms with Crippen LogP contribution in [0.3, 0.4) is 0 Å². The number of rotatable bonds is 2. The van der Waals surface area contributed by atoms with Crippen molar-refractivity contribution in [2.75, 3.05) is 6.54 Å². The average molecular weight is 571 g/mol. The second kappa shape index (κ2) is 8.57. The third kappa shape index (κ3) is 3.23. The summed E-state index contributed by atoms with van der Waals surface area (Å²) in [5.41, 5.74) is 6.83. The monoisotopic (exact) mass is 570 g/mol. The van der Waals surface area contributed by atoms with E-state index < -0.39 is 0 Å². The van der Waals surface area contributed by atoms with E-state index in [0.717, 1.165) is 83.7 Å². The Bertz CT molecular complexity index is 2680. The highest BCUT2D eigenvalue weighted by Gasteiger charge is 2.24. The maximum absolute atomic E-state index is 6.86. The van der Waals surface area contributed by atoms with Crippen molar-refractivity contribution in [1.29, 1.82) is 0 Å². The fraction of sp³-hybridized carbons (Fsp3) is 0.0263. The summed E-state index contributed by atoms with van der Waals surface area (Å²) < 4.78 is 15.9. The highest BCUT2D eigenvalue weighted by molar-refractivity contribution is 7.26. The molecule has 0 saturated heterocycles.